The van der Waals surface area contributed by atoms with Gasteiger partial charge < -0.3 is 54.8 Å². The molecule has 1 rings (SSSR count). The first kappa shape index (κ1) is 33.1. The van der Waals surface area contributed by atoms with Crippen molar-refractivity contribution in [3.8, 4) is 5.75 Å². The molecule has 0 aliphatic carbocycles. The Morgan fingerprint density at radius 1 is 0.775 bits per heavy atom. The van der Waals surface area contributed by atoms with Crippen molar-refractivity contribution in [1.82, 2.24) is 16.0 Å². The first-order valence-electron chi connectivity index (χ1n) is 12.0. The first-order valence-corrected chi connectivity index (χ1v) is 12.0. The fourth-order valence-electron chi connectivity index (χ4n) is 3.38. The van der Waals surface area contributed by atoms with E-state index >= 15 is 0 Å². The number of hydrogen-bond acceptors (Lipinski definition) is 9. The van der Waals surface area contributed by atoms with Crippen molar-refractivity contribution in [2.24, 2.45) is 33.7 Å². The molecule has 0 fully saturated rings. The second-order valence-electron chi connectivity index (χ2n) is 8.79. The van der Waals surface area contributed by atoms with E-state index in [0.717, 1.165) is 0 Å². The number of hydrogen-bond donors (Lipinski definition) is 10. The number of benzene rings is 1. The number of phenols is 1. The van der Waals surface area contributed by atoms with Crippen LogP contribution in [-0.2, 0) is 35.2 Å². The van der Waals surface area contributed by atoms with Gasteiger partial charge >= 0.3 is 5.97 Å². The lowest BCUT2D eigenvalue weighted by atomic mass is 10.0. The van der Waals surface area contributed by atoms with Crippen molar-refractivity contribution in [1.29, 1.82) is 0 Å². The van der Waals surface area contributed by atoms with Crippen molar-refractivity contribution in [3.05, 3.63) is 29.8 Å². The molecule has 0 bridgehead atoms. The number of aliphatic carboxylic acids is 1. The maximum absolute atomic E-state index is 13.1. The van der Waals surface area contributed by atoms with Crippen LogP contribution in [0.3, 0.4) is 0 Å². The fourth-order valence-corrected chi connectivity index (χ4v) is 3.38. The molecule has 0 spiro atoms. The standard InChI is InChI=1S/C23H35N9O8/c24-13(9-17(25)34)19(36)31-16(10-18(26)35)21(38)32-15(8-11-3-5-12(33)6-4-11)20(37)30-14(22(39)40)2-1-7-29-23(27)28/h3-6,13-16,33H,1-2,7-10,24H2,(H2,25,34)(H2,26,35)(H,30,37)(H,31,36)(H,32,38)(H,39,40)(H4,27,28,29). The Hall–Kier alpha value is -4.93. The molecule has 0 aliphatic rings. The van der Waals surface area contributed by atoms with Gasteiger partial charge in [-0.05, 0) is 30.5 Å². The zero-order valence-electron chi connectivity index (χ0n) is 21.5. The van der Waals surface area contributed by atoms with Crippen LogP contribution in [0.2, 0.25) is 0 Å². The van der Waals surface area contributed by atoms with E-state index in [1.54, 1.807) is 0 Å². The summed E-state index contributed by atoms with van der Waals surface area (Å²) in [6.45, 7) is 0.113. The van der Waals surface area contributed by atoms with Gasteiger partial charge in [-0.25, -0.2) is 4.79 Å². The number of primary amides is 2. The molecule has 0 saturated heterocycles. The summed E-state index contributed by atoms with van der Waals surface area (Å²) in [5, 5.41) is 26.0. The van der Waals surface area contributed by atoms with E-state index in [4.69, 9.17) is 28.7 Å². The first-order chi connectivity index (χ1) is 18.7. The van der Waals surface area contributed by atoms with E-state index in [1.165, 1.54) is 24.3 Å². The van der Waals surface area contributed by atoms with Gasteiger partial charge in [0.2, 0.25) is 29.5 Å². The summed E-state index contributed by atoms with van der Waals surface area (Å²) in [6.07, 6.45) is -1.23. The van der Waals surface area contributed by atoms with Gasteiger partial charge in [0.1, 0.15) is 23.9 Å². The molecule has 4 unspecified atom stereocenters. The second-order valence-corrected chi connectivity index (χ2v) is 8.79. The molecule has 0 radical (unpaired) electrons. The maximum atomic E-state index is 13.1. The van der Waals surface area contributed by atoms with Gasteiger partial charge in [0, 0.05) is 13.0 Å². The Morgan fingerprint density at radius 3 is 1.82 bits per heavy atom. The van der Waals surface area contributed by atoms with Crippen LogP contribution >= 0.6 is 0 Å². The Kier molecular flexibility index (Phi) is 13.3. The molecule has 4 atom stereocenters. The highest BCUT2D eigenvalue weighted by molar-refractivity contribution is 5.97. The minimum atomic E-state index is -1.59. The summed E-state index contributed by atoms with van der Waals surface area (Å²) in [7, 11) is 0. The third kappa shape index (κ3) is 12.5. The molecule has 5 amide bonds. The van der Waals surface area contributed by atoms with Gasteiger partial charge in [-0.3, -0.25) is 29.0 Å². The molecule has 17 nitrogen and oxygen atoms in total. The van der Waals surface area contributed by atoms with Crippen LogP contribution in [0.5, 0.6) is 5.75 Å². The molecule has 1 aromatic rings. The Balaban J connectivity index is 3.15. The molecule has 40 heavy (non-hydrogen) atoms. The molecule has 15 N–H and O–H groups in total. The van der Waals surface area contributed by atoms with Crippen LogP contribution in [0.1, 0.15) is 31.2 Å². The van der Waals surface area contributed by atoms with Crippen LogP contribution in [0.15, 0.2) is 29.3 Å². The van der Waals surface area contributed by atoms with Gasteiger partial charge in [-0.15, -0.1) is 0 Å². The monoisotopic (exact) mass is 565 g/mol. The van der Waals surface area contributed by atoms with Crippen LogP contribution in [0, 0.1) is 0 Å². The summed E-state index contributed by atoms with van der Waals surface area (Å²) >= 11 is 0. The number of nitrogens with zero attached hydrogens (tertiary/aromatic N) is 1. The normalized spacial score (nSPS) is 13.5. The second kappa shape index (κ2) is 16.1. The number of amides is 5. The number of guanidine groups is 1. The lowest BCUT2D eigenvalue weighted by molar-refractivity contribution is -0.142. The zero-order chi connectivity index (χ0) is 30.4. The van der Waals surface area contributed by atoms with E-state index in [-0.39, 0.29) is 37.5 Å². The van der Waals surface area contributed by atoms with Gasteiger partial charge in [0.25, 0.3) is 0 Å². The third-order valence-electron chi connectivity index (χ3n) is 5.37. The van der Waals surface area contributed by atoms with Crippen LogP contribution in [0.4, 0.5) is 0 Å². The summed E-state index contributed by atoms with van der Waals surface area (Å²) < 4.78 is 0. The van der Waals surface area contributed by atoms with Gasteiger partial charge in [0.15, 0.2) is 5.96 Å². The average molecular weight is 566 g/mol. The number of nitrogens with two attached hydrogens (primary N) is 5. The van der Waals surface area contributed by atoms with E-state index in [1.807, 2.05) is 0 Å². The number of carbonyl (C=O) groups excluding carboxylic acids is 5. The smallest absolute Gasteiger partial charge is 0.326 e. The number of phenolic OH excluding ortho intramolecular Hbond substituents is 1. The summed E-state index contributed by atoms with van der Waals surface area (Å²) in [5.74, 6) is -6.34. The van der Waals surface area contributed by atoms with Gasteiger partial charge in [0.05, 0.1) is 18.9 Å². The minimum Gasteiger partial charge on any atom is -0.508 e. The minimum absolute atomic E-state index is 0.0458. The number of aromatic hydroxyl groups is 1. The lowest BCUT2D eigenvalue weighted by Gasteiger charge is -2.25. The SMILES string of the molecule is NC(=O)CC(N)C(=O)NC(CC(N)=O)C(=O)NC(Cc1ccc(O)cc1)C(=O)NC(CCCN=C(N)N)C(=O)O. The Morgan fingerprint density at radius 2 is 1.30 bits per heavy atom. The largest absolute Gasteiger partial charge is 0.508 e. The third-order valence-corrected chi connectivity index (χ3v) is 5.37. The summed E-state index contributed by atoms with van der Waals surface area (Å²) in [5.41, 5.74) is 26.8. The van der Waals surface area contributed by atoms with Crippen molar-refractivity contribution < 1.29 is 39.0 Å². The van der Waals surface area contributed by atoms with Gasteiger partial charge in [-0.1, -0.05) is 12.1 Å². The summed E-state index contributed by atoms with van der Waals surface area (Å²) in [6, 6.07) is -0.162. The van der Waals surface area contributed by atoms with Crippen molar-refractivity contribution in [2.45, 2.75) is 56.3 Å². The highest BCUT2D eigenvalue weighted by Crippen LogP contribution is 2.12. The summed E-state index contributed by atoms with van der Waals surface area (Å²) in [4.78, 5) is 76.7. The fraction of sp³-hybridized carbons (Fsp3) is 0.435. The molecule has 220 valence electrons. The molecular weight excluding hydrogens is 530 g/mol. The van der Waals surface area contributed by atoms with Crippen LogP contribution in [-0.4, -0.2) is 82.4 Å². The van der Waals surface area contributed by atoms with E-state index in [0.29, 0.717) is 5.56 Å². The average Bonchev–Trinajstić information content (AvgIpc) is 2.85. The highest BCUT2D eigenvalue weighted by Gasteiger charge is 2.31. The van der Waals surface area contributed by atoms with E-state index < -0.39 is 72.5 Å². The molecule has 1 aromatic carbocycles. The quantitative estimate of drug-likeness (QED) is 0.0488. The van der Waals surface area contributed by atoms with Crippen LogP contribution in [0.25, 0.3) is 0 Å². The Bertz CT molecular complexity index is 1110. The number of nitrogens with one attached hydrogen (secondary N) is 3. The number of carboxylic acid groups (broad SMARTS) is 1. The molecule has 17 heteroatoms. The van der Waals surface area contributed by atoms with Gasteiger partial charge in [-0.2, -0.15) is 0 Å². The zero-order valence-corrected chi connectivity index (χ0v) is 21.5. The number of aliphatic imine (C=N–C) groups is 1. The molecule has 0 saturated carbocycles. The molecule has 0 aliphatic heterocycles. The predicted octanol–water partition coefficient (Wildman–Crippen LogP) is -4.39. The van der Waals surface area contributed by atoms with Crippen molar-refractivity contribution in [3.63, 3.8) is 0 Å². The number of carboxylic acids is 1. The highest BCUT2D eigenvalue weighted by atomic mass is 16.4. The Labute approximate surface area is 228 Å². The number of carbonyl (C=O) groups is 6. The number of rotatable bonds is 17. The van der Waals surface area contributed by atoms with E-state index in [2.05, 4.69) is 20.9 Å². The lowest BCUT2D eigenvalue weighted by Crippen LogP contribution is -2.58. The molecule has 0 heterocycles. The predicted molar refractivity (Wildman–Crippen MR) is 141 cm³/mol. The van der Waals surface area contributed by atoms with Crippen molar-refractivity contribution >= 4 is 41.5 Å². The maximum Gasteiger partial charge on any atom is 0.326 e. The van der Waals surface area contributed by atoms with Crippen molar-refractivity contribution in [2.75, 3.05) is 6.54 Å². The van der Waals surface area contributed by atoms with Crippen LogP contribution < -0.4 is 44.6 Å². The molecular formula is C23H35N9O8. The van der Waals surface area contributed by atoms with E-state index in [9.17, 15) is 39.0 Å². The molecule has 0 aromatic heterocycles. The topological polar surface area (TPSA) is 321 Å².